The largest absolute Gasteiger partial charge is 0.493 e. The van der Waals surface area contributed by atoms with Crippen LogP contribution in [0, 0.1) is 6.92 Å². The van der Waals surface area contributed by atoms with Gasteiger partial charge in [0.05, 0.1) is 35.9 Å². The Kier molecular flexibility index (Phi) is 5.29. The molecule has 2 heterocycles. The highest BCUT2D eigenvalue weighted by atomic mass is 32.1. The molecule has 0 fully saturated rings. The molecule has 2 aromatic rings. The first-order valence-electron chi connectivity index (χ1n) is 6.69. The number of hydrogen-bond donors (Lipinski definition) is 2. The number of rotatable bonds is 7. The number of hydrogen-bond acceptors (Lipinski definition) is 7. The van der Waals surface area contributed by atoms with E-state index in [-0.39, 0.29) is 6.04 Å². The van der Waals surface area contributed by atoms with Crippen molar-refractivity contribution >= 4 is 11.3 Å². The maximum absolute atomic E-state index is 5.79. The molecule has 8 heteroatoms. The zero-order chi connectivity index (χ0) is 15.4. The van der Waals surface area contributed by atoms with Gasteiger partial charge in [0, 0.05) is 6.54 Å². The van der Waals surface area contributed by atoms with Gasteiger partial charge in [-0.15, -0.1) is 11.3 Å². The van der Waals surface area contributed by atoms with E-state index >= 15 is 0 Å². The molecule has 7 nitrogen and oxygen atoms in total. The van der Waals surface area contributed by atoms with Crippen molar-refractivity contribution in [3.8, 4) is 5.75 Å². The lowest BCUT2D eigenvalue weighted by atomic mass is 10.1. The molecule has 0 amide bonds. The van der Waals surface area contributed by atoms with E-state index in [9.17, 15) is 0 Å². The highest BCUT2D eigenvalue weighted by Crippen LogP contribution is 2.32. The number of thiazole rings is 1. The second-order valence-electron chi connectivity index (χ2n) is 5.03. The lowest BCUT2D eigenvalue weighted by Gasteiger charge is -2.19. The fourth-order valence-electron chi connectivity index (χ4n) is 2.17. The number of ether oxygens (including phenoxy) is 1. The Morgan fingerprint density at radius 2 is 2.29 bits per heavy atom. The fourth-order valence-corrected chi connectivity index (χ4v) is 3.03. The number of methoxy groups -OCH3 is 1. The summed E-state index contributed by atoms with van der Waals surface area (Å²) in [5.41, 5.74) is 6.58. The maximum atomic E-state index is 5.79. The minimum Gasteiger partial charge on any atom is -0.493 e. The quantitative estimate of drug-likeness (QED) is 0.581. The first-order chi connectivity index (χ1) is 10.1. The van der Waals surface area contributed by atoms with E-state index in [0.717, 1.165) is 35.1 Å². The van der Waals surface area contributed by atoms with Crippen molar-refractivity contribution in [2.24, 2.45) is 5.84 Å². The lowest BCUT2D eigenvalue weighted by Crippen LogP contribution is -2.32. The van der Waals surface area contributed by atoms with Gasteiger partial charge in [-0.2, -0.15) is 5.10 Å². The molecular weight excluding hydrogens is 288 g/mol. The summed E-state index contributed by atoms with van der Waals surface area (Å²) in [4.78, 5) is 7.48. The minimum atomic E-state index is -0.183. The van der Waals surface area contributed by atoms with Gasteiger partial charge in [0.25, 0.3) is 0 Å². The standard InChI is InChI=1S/C13H22N6OS/c1-9-13(21-8-15-9)11(17-14)12-10(20-4)7-16-19(12)6-5-18(2)3/h7-8,11,17H,5-6,14H2,1-4H3. The van der Waals surface area contributed by atoms with Gasteiger partial charge in [-0.05, 0) is 21.0 Å². The molecule has 0 aliphatic carbocycles. The van der Waals surface area contributed by atoms with Crippen LogP contribution in [-0.2, 0) is 6.54 Å². The van der Waals surface area contributed by atoms with Gasteiger partial charge >= 0.3 is 0 Å². The molecule has 0 saturated heterocycles. The average Bonchev–Trinajstić information content (AvgIpc) is 3.05. The van der Waals surface area contributed by atoms with Gasteiger partial charge in [-0.25, -0.2) is 10.4 Å². The van der Waals surface area contributed by atoms with E-state index in [1.165, 1.54) is 0 Å². The number of aromatic nitrogens is 3. The lowest BCUT2D eigenvalue weighted by molar-refractivity contribution is 0.360. The molecule has 2 aromatic heterocycles. The number of likely N-dealkylation sites (N-methyl/N-ethyl adjacent to an activating group) is 1. The van der Waals surface area contributed by atoms with E-state index in [4.69, 9.17) is 10.6 Å². The highest BCUT2D eigenvalue weighted by Gasteiger charge is 2.25. The van der Waals surface area contributed by atoms with Crippen LogP contribution in [0.4, 0.5) is 0 Å². The Hall–Kier alpha value is -1.48. The summed E-state index contributed by atoms with van der Waals surface area (Å²) < 4.78 is 7.38. The third kappa shape index (κ3) is 3.41. The van der Waals surface area contributed by atoms with E-state index in [1.54, 1.807) is 24.6 Å². The summed E-state index contributed by atoms with van der Waals surface area (Å²) >= 11 is 1.57. The second kappa shape index (κ2) is 6.99. The molecule has 21 heavy (non-hydrogen) atoms. The topological polar surface area (TPSA) is 81.2 Å². The average molecular weight is 310 g/mol. The zero-order valence-electron chi connectivity index (χ0n) is 12.8. The zero-order valence-corrected chi connectivity index (χ0v) is 13.6. The van der Waals surface area contributed by atoms with Crippen LogP contribution in [0.25, 0.3) is 0 Å². The molecule has 0 saturated carbocycles. The third-order valence-electron chi connectivity index (χ3n) is 3.31. The van der Waals surface area contributed by atoms with Crippen molar-refractivity contribution in [1.29, 1.82) is 0 Å². The number of hydrazine groups is 1. The summed E-state index contributed by atoms with van der Waals surface area (Å²) in [6.07, 6.45) is 1.73. The van der Waals surface area contributed by atoms with Crippen LogP contribution >= 0.6 is 11.3 Å². The van der Waals surface area contributed by atoms with Crippen LogP contribution in [0.15, 0.2) is 11.7 Å². The molecule has 0 spiro atoms. The molecule has 1 unspecified atom stereocenters. The molecule has 0 bridgehead atoms. The summed E-state index contributed by atoms with van der Waals surface area (Å²) in [6.45, 7) is 3.63. The molecule has 3 N–H and O–H groups in total. The van der Waals surface area contributed by atoms with Crippen molar-refractivity contribution < 1.29 is 4.74 Å². The van der Waals surface area contributed by atoms with E-state index in [0.29, 0.717) is 0 Å². The van der Waals surface area contributed by atoms with Gasteiger partial charge in [-0.1, -0.05) is 0 Å². The summed E-state index contributed by atoms with van der Waals surface area (Å²) in [7, 11) is 5.71. The number of nitrogens with zero attached hydrogens (tertiary/aromatic N) is 4. The monoisotopic (exact) mass is 310 g/mol. The van der Waals surface area contributed by atoms with Gasteiger partial charge in [0.1, 0.15) is 11.7 Å². The predicted molar refractivity (Wildman–Crippen MR) is 83.4 cm³/mol. The molecule has 1 atom stereocenters. The van der Waals surface area contributed by atoms with Crippen LogP contribution in [0.5, 0.6) is 5.75 Å². The Labute approximate surface area is 128 Å². The Morgan fingerprint density at radius 1 is 1.52 bits per heavy atom. The number of aryl methyl sites for hydroxylation is 1. The fraction of sp³-hybridized carbons (Fsp3) is 0.538. The minimum absolute atomic E-state index is 0.183. The molecule has 0 aliphatic heterocycles. The summed E-state index contributed by atoms with van der Waals surface area (Å²) in [5.74, 6) is 6.52. The van der Waals surface area contributed by atoms with Crippen LogP contribution in [0.3, 0.4) is 0 Å². The highest BCUT2D eigenvalue weighted by molar-refractivity contribution is 7.09. The van der Waals surface area contributed by atoms with Crippen LogP contribution in [0.1, 0.15) is 22.3 Å². The van der Waals surface area contributed by atoms with Gasteiger partial charge < -0.3 is 9.64 Å². The van der Waals surface area contributed by atoms with Gasteiger partial charge in [0.15, 0.2) is 5.75 Å². The number of nitrogens with two attached hydrogens (primary N) is 1. The van der Waals surface area contributed by atoms with E-state index < -0.39 is 0 Å². The van der Waals surface area contributed by atoms with E-state index in [2.05, 4.69) is 20.4 Å². The predicted octanol–water partition coefficient (Wildman–Crippen LogP) is 0.771. The molecule has 0 aromatic carbocycles. The summed E-state index contributed by atoms with van der Waals surface area (Å²) in [5, 5.41) is 4.42. The Bertz CT molecular complexity index is 579. The van der Waals surface area contributed by atoms with Crippen molar-refractivity contribution in [3.63, 3.8) is 0 Å². The molecule has 116 valence electrons. The van der Waals surface area contributed by atoms with Gasteiger partial charge in [-0.3, -0.25) is 10.5 Å². The molecule has 2 rings (SSSR count). The van der Waals surface area contributed by atoms with Crippen molar-refractivity contribution in [2.45, 2.75) is 19.5 Å². The smallest absolute Gasteiger partial charge is 0.162 e. The normalized spacial score (nSPS) is 12.9. The first kappa shape index (κ1) is 15.9. The molecular formula is C13H22N6OS. The van der Waals surface area contributed by atoms with Crippen molar-refractivity contribution in [2.75, 3.05) is 27.7 Å². The van der Waals surface area contributed by atoms with Crippen molar-refractivity contribution in [3.05, 3.63) is 28.0 Å². The summed E-state index contributed by atoms with van der Waals surface area (Å²) in [6, 6.07) is -0.183. The van der Waals surface area contributed by atoms with E-state index in [1.807, 2.05) is 31.2 Å². The number of nitrogens with one attached hydrogen (secondary N) is 1. The molecule has 0 aliphatic rings. The van der Waals surface area contributed by atoms with Crippen LogP contribution in [0.2, 0.25) is 0 Å². The second-order valence-corrected chi connectivity index (χ2v) is 5.91. The Balaban J connectivity index is 2.39. The first-order valence-corrected chi connectivity index (χ1v) is 7.57. The van der Waals surface area contributed by atoms with Gasteiger partial charge in [0.2, 0.25) is 0 Å². The SMILES string of the molecule is COc1cnn(CCN(C)C)c1C(NN)c1scnc1C. The molecule has 0 radical (unpaired) electrons. The van der Waals surface area contributed by atoms with Crippen molar-refractivity contribution in [1.82, 2.24) is 25.1 Å². The third-order valence-corrected chi connectivity index (χ3v) is 4.30. The Morgan fingerprint density at radius 3 is 2.81 bits per heavy atom. The maximum Gasteiger partial charge on any atom is 0.162 e. The van der Waals surface area contributed by atoms with Crippen LogP contribution in [-0.4, -0.2) is 47.4 Å². The van der Waals surface area contributed by atoms with Crippen LogP contribution < -0.4 is 16.0 Å².